The summed E-state index contributed by atoms with van der Waals surface area (Å²) in [4.78, 5) is 35.1. The van der Waals surface area contributed by atoms with Crippen LogP contribution < -0.4 is 14.8 Å². The van der Waals surface area contributed by atoms with Crippen molar-refractivity contribution in [3.05, 3.63) is 56.6 Å². The molecule has 0 heterocycles. The van der Waals surface area contributed by atoms with Crippen LogP contribution in [-0.4, -0.2) is 37.6 Å². The maximum Gasteiger partial charge on any atom is 0.345 e. The molecule has 29 heavy (non-hydrogen) atoms. The maximum atomic E-state index is 12.4. The van der Waals surface area contributed by atoms with Crippen LogP contribution in [0.4, 0.5) is 11.4 Å². The molecule has 0 aliphatic carbocycles. The fourth-order valence-corrected chi connectivity index (χ4v) is 2.94. The highest BCUT2D eigenvalue weighted by molar-refractivity contribution is 5.98. The molecule has 9 heteroatoms. The fourth-order valence-electron chi connectivity index (χ4n) is 2.94. The van der Waals surface area contributed by atoms with Crippen LogP contribution in [0.2, 0.25) is 0 Å². The molecule has 0 unspecified atom stereocenters. The van der Waals surface area contributed by atoms with Gasteiger partial charge in [-0.25, -0.2) is 4.79 Å². The minimum absolute atomic E-state index is 0.0961. The van der Waals surface area contributed by atoms with Gasteiger partial charge in [-0.3, -0.25) is 14.9 Å². The number of nitrogens with one attached hydrogen (secondary N) is 1. The molecule has 0 aliphatic rings. The molecule has 9 nitrogen and oxygen atoms in total. The third-order valence-corrected chi connectivity index (χ3v) is 4.19. The average molecular weight is 402 g/mol. The monoisotopic (exact) mass is 402 g/mol. The van der Waals surface area contributed by atoms with E-state index < -0.39 is 29.1 Å². The van der Waals surface area contributed by atoms with Gasteiger partial charge in [0.1, 0.15) is 5.56 Å². The fraction of sp³-hybridized carbons (Fsp3) is 0.300. The molecular weight excluding hydrogens is 380 g/mol. The molecule has 154 valence electrons. The first-order valence-corrected chi connectivity index (χ1v) is 8.63. The summed E-state index contributed by atoms with van der Waals surface area (Å²) in [6.45, 7) is 5.06. The van der Waals surface area contributed by atoms with Crippen LogP contribution in [0.3, 0.4) is 0 Å². The second-order valence-electron chi connectivity index (χ2n) is 6.38. The van der Waals surface area contributed by atoms with Crippen molar-refractivity contribution in [2.75, 3.05) is 26.1 Å². The molecule has 1 amide bonds. The first-order chi connectivity index (χ1) is 13.7. The largest absolute Gasteiger partial charge is 0.493 e. The summed E-state index contributed by atoms with van der Waals surface area (Å²) in [7, 11) is 2.65. The maximum absolute atomic E-state index is 12.4. The second kappa shape index (κ2) is 9.05. The zero-order chi connectivity index (χ0) is 21.7. The molecule has 0 saturated carbocycles. The van der Waals surface area contributed by atoms with Gasteiger partial charge in [0.05, 0.1) is 25.2 Å². The van der Waals surface area contributed by atoms with Gasteiger partial charge in [-0.2, -0.15) is 0 Å². The van der Waals surface area contributed by atoms with E-state index in [1.807, 2.05) is 32.9 Å². The number of rotatable bonds is 7. The van der Waals surface area contributed by atoms with Gasteiger partial charge in [-0.1, -0.05) is 17.7 Å². The van der Waals surface area contributed by atoms with Crippen LogP contribution in [0.1, 0.15) is 27.0 Å². The van der Waals surface area contributed by atoms with Gasteiger partial charge in [0.25, 0.3) is 11.6 Å². The molecule has 0 atom stereocenters. The van der Waals surface area contributed by atoms with Crippen LogP contribution in [0.5, 0.6) is 11.5 Å². The van der Waals surface area contributed by atoms with Gasteiger partial charge in [0, 0.05) is 11.8 Å². The molecule has 2 rings (SSSR count). The molecule has 0 saturated heterocycles. The number of carbonyl (C=O) groups is 2. The number of methoxy groups -OCH3 is 2. The Morgan fingerprint density at radius 1 is 1.00 bits per heavy atom. The third kappa shape index (κ3) is 5.01. The summed E-state index contributed by atoms with van der Waals surface area (Å²) >= 11 is 0. The van der Waals surface area contributed by atoms with Crippen molar-refractivity contribution in [3.63, 3.8) is 0 Å². The SMILES string of the molecule is COc1cc(C(=O)OCC(=O)Nc2c(C)cc(C)cc2C)c([N+](=O)[O-])cc1OC. The normalized spacial score (nSPS) is 10.2. The average Bonchev–Trinajstić information content (AvgIpc) is 2.67. The zero-order valence-corrected chi connectivity index (χ0v) is 16.8. The molecule has 2 aromatic carbocycles. The molecule has 0 radical (unpaired) electrons. The number of nitro benzene ring substituents is 1. The lowest BCUT2D eigenvalue weighted by atomic mass is 10.1. The lowest BCUT2D eigenvalue weighted by molar-refractivity contribution is -0.385. The van der Waals surface area contributed by atoms with Crippen molar-refractivity contribution < 1.29 is 28.7 Å². The van der Waals surface area contributed by atoms with Gasteiger partial charge in [0.15, 0.2) is 18.1 Å². The van der Waals surface area contributed by atoms with Crippen LogP contribution >= 0.6 is 0 Å². The Morgan fingerprint density at radius 2 is 1.55 bits per heavy atom. The Morgan fingerprint density at radius 3 is 2.07 bits per heavy atom. The number of aryl methyl sites for hydroxylation is 3. The first-order valence-electron chi connectivity index (χ1n) is 8.63. The summed E-state index contributed by atoms with van der Waals surface area (Å²) in [5.74, 6) is -1.36. The number of ether oxygens (including phenoxy) is 3. The number of carbonyl (C=O) groups excluding carboxylic acids is 2. The Hall–Kier alpha value is -3.62. The smallest absolute Gasteiger partial charge is 0.345 e. The Labute approximate surface area is 167 Å². The number of hydrogen-bond donors (Lipinski definition) is 1. The Balaban J connectivity index is 2.16. The van der Waals surface area contributed by atoms with Gasteiger partial charge >= 0.3 is 5.97 Å². The van der Waals surface area contributed by atoms with Gasteiger partial charge in [-0.15, -0.1) is 0 Å². The molecule has 0 aliphatic heterocycles. The topological polar surface area (TPSA) is 117 Å². The molecule has 2 aromatic rings. The Bertz CT molecular complexity index is 947. The first kappa shape index (κ1) is 21.7. The number of nitrogens with zero attached hydrogens (tertiary/aromatic N) is 1. The minimum atomic E-state index is -1.02. The summed E-state index contributed by atoms with van der Waals surface area (Å²) in [5.41, 5.74) is 2.58. The van der Waals surface area contributed by atoms with E-state index in [2.05, 4.69) is 5.32 Å². The summed E-state index contributed by atoms with van der Waals surface area (Å²) in [6, 6.07) is 6.04. The number of amides is 1. The summed E-state index contributed by atoms with van der Waals surface area (Å²) in [6.07, 6.45) is 0. The van der Waals surface area contributed by atoms with E-state index in [9.17, 15) is 19.7 Å². The summed E-state index contributed by atoms with van der Waals surface area (Å²) in [5, 5.41) is 14.0. The van der Waals surface area contributed by atoms with Crippen molar-refractivity contribution in [1.82, 2.24) is 0 Å². The summed E-state index contributed by atoms with van der Waals surface area (Å²) < 4.78 is 15.1. The lowest BCUT2D eigenvalue weighted by Crippen LogP contribution is -2.22. The predicted molar refractivity (Wildman–Crippen MR) is 106 cm³/mol. The lowest BCUT2D eigenvalue weighted by Gasteiger charge is -2.13. The standard InChI is InChI=1S/C20H22N2O7/c1-11-6-12(2)19(13(3)7-11)21-18(23)10-29-20(24)14-8-16(27-4)17(28-5)9-15(14)22(25)26/h6-9H,10H2,1-5H3,(H,21,23). The number of benzene rings is 2. The van der Waals surface area contributed by atoms with E-state index in [-0.39, 0.29) is 17.1 Å². The van der Waals surface area contributed by atoms with Gasteiger partial charge < -0.3 is 19.5 Å². The number of esters is 1. The van der Waals surface area contributed by atoms with Crippen molar-refractivity contribution >= 4 is 23.3 Å². The van der Waals surface area contributed by atoms with Crippen LogP contribution in [0.25, 0.3) is 0 Å². The van der Waals surface area contributed by atoms with Crippen LogP contribution in [0, 0.1) is 30.9 Å². The van der Waals surface area contributed by atoms with Gasteiger partial charge in [0.2, 0.25) is 0 Å². The van der Waals surface area contributed by atoms with Crippen molar-refractivity contribution in [3.8, 4) is 11.5 Å². The molecule has 0 fully saturated rings. The molecular formula is C20H22N2O7. The van der Waals surface area contributed by atoms with E-state index in [0.717, 1.165) is 28.8 Å². The third-order valence-electron chi connectivity index (χ3n) is 4.19. The molecule has 1 N–H and O–H groups in total. The highest BCUT2D eigenvalue weighted by Crippen LogP contribution is 2.34. The van der Waals surface area contributed by atoms with E-state index in [0.29, 0.717) is 5.69 Å². The molecule has 0 aromatic heterocycles. The highest BCUT2D eigenvalue weighted by atomic mass is 16.6. The molecule has 0 spiro atoms. The second-order valence-corrected chi connectivity index (χ2v) is 6.38. The quantitative estimate of drug-likeness (QED) is 0.429. The van der Waals surface area contributed by atoms with E-state index in [1.165, 1.54) is 14.2 Å². The number of nitro groups is 1. The van der Waals surface area contributed by atoms with Gasteiger partial charge in [-0.05, 0) is 31.9 Å². The highest BCUT2D eigenvalue weighted by Gasteiger charge is 2.26. The van der Waals surface area contributed by atoms with E-state index >= 15 is 0 Å². The minimum Gasteiger partial charge on any atom is -0.493 e. The Kier molecular flexibility index (Phi) is 6.76. The predicted octanol–water partition coefficient (Wildman–Crippen LogP) is 3.33. The van der Waals surface area contributed by atoms with E-state index in [4.69, 9.17) is 14.2 Å². The molecule has 0 bridgehead atoms. The van der Waals surface area contributed by atoms with Crippen LogP contribution in [0.15, 0.2) is 24.3 Å². The number of anilines is 1. The van der Waals surface area contributed by atoms with Crippen molar-refractivity contribution in [2.24, 2.45) is 0 Å². The number of hydrogen-bond acceptors (Lipinski definition) is 7. The van der Waals surface area contributed by atoms with Crippen molar-refractivity contribution in [1.29, 1.82) is 0 Å². The zero-order valence-electron chi connectivity index (χ0n) is 16.8. The van der Waals surface area contributed by atoms with Crippen LogP contribution in [-0.2, 0) is 9.53 Å². The van der Waals surface area contributed by atoms with E-state index in [1.54, 1.807) is 0 Å². The van der Waals surface area contributed by atoms with Crippen molar-refractivity contribution in [2.45, 2.75) is 20.8 Å².